The van der Waals surface area contributed by atoms with Gasteiger partial charge in [-0.25, -0.2) is 0 Å². The summed E-state index contributed by atoms with van der Waals surface area (Å²) < 4.78 is 1.93. The van der Waals surface area contributed by atoms with Crippen LogP contribution in [0.5, 0.6) is 0 Å². The van der Waals surface area contributed by atoms with Crippen LogP contribution in [0, 0.1) is 13.8 Å². The number of nitrogens with zero attached hydrogens (tertiary/aromatic N) is 3. The fraction of sp³-hybridized carbons (Fsp3) is 0.692. The highest BCUT2D eigenvalue weighted by Gasteiger charge is 2.16. The van der Waals surface area contributed by atoms with Crippen LogP contribution >= 0.6 is 0 Å². The fourth-order valence-electron chi connectivity index (χ4n) is 2.40. The maximum Gasteiger partial charge on any atom is 0.224 e. The van der Waals surface area contributed by atoms with E-state index < -0.39 is 0 Å². The predicted octanol–water partition coefficient (Wildman–Crippen LogP) is 1.90. The molecule has 1 fully saturated rings. The zero-order chi connectivity index (χ0) is 12.3. The first-order valence-corrected chi connectivity index (χ1v) is 6.45. The normalized spacial score (nSPS) is 16.2. The molecule has 4 nitrogen and oxygen atoms in total. The van der Waals surface area contributed by atoms with Gasteiger partial charge in [-0.2, -0.15) is 5.10 Å². The Hall–Kier alpha value is -1.32. The molecule has 17 heavy (non-hydrogen) atoms. The van der Waals surface area contributed by atoms with E-state index in [9.17, 15) is 4.79 Å². The molecule has 1 aromatic heterocycles. The number of amides is 1. The predicted molar refractivity (Wildman–Crippen MR) is 66.7 cm³/mol. The van der Waals surface area contributed by atoms with Gasteiger partial charge in [-0.15, -0.1) is 0 Å². The van der Waals surface area contributed by atoms with Crippen molar-refractivity contribution >= 4 is 5.91 Å². The van der Waals surface area contributed by atoms with Gasteiger partial charge in [-0.3, -0.25) is 9.48 Å². The molecular weight excluding hydrogens is 214 g/mol. The van der Waals surface area contributed by atoms with Crippen molar-refractivity contribution in [3.8, 4) is 0 Å². The van der Waals surface area contributed by atoms with Gasteiger partial charge in [0.1, 0.15) is 0 Å². The molecule has 0 saturated carbocycles. The van der Waals surface area contributed by atoms with Crippen LogP contribution in [0.3, 0.4) is 0 Å². The molecule has 0 atom stereocenters. The van der Waals surface area contributed by atoms with E-state index in [0.717, 1.165) is 37.3 Å². The van der Waals surface area contributed by atoms with Crippen molar-refractivity contribution < 1.29 is 4.79 Å². The van der Waals surface area contributed by atoms with E-state index in [2.05, 4.69) is 5.10 Å². The number of likely N-dealkylation sites (tertiary alicyclic amines) is 1. The van der Waals surface area contributed by atoms with E-state index in [4.69, 9.17) is 0 Å². The van der Waals surface area contributed by atoms with Gasteiger partial charge in [0.2, 0.25) is 5.91 Å². The Morgan fingerprint density at radius 3 is 2.59 bits per heavy atom. The van der Waals surface area contributed by atoms with Gasteiger partial charge in [0, 0.05) is 31.7 Å². The van der Waals surface area contributed by atoms with Crippen molar-refractivity contribution in [3.63, 3.8) is 0 Å². The first-order chi connectivity index (χ1) is 8.16. The van der Waals surface area contributed by atoms with E-state index in [1.165, 1.54) is 6.42 Å². The number of hydrogen-bond donors (Lipinski definition) is 0. The van der Waals surface area contributed by atoms with Crippen LogP contribution in [-0.2, 0) is 11.3 Å². The molecule has 0 spiro atoms. The Morgan fingerprint density at radius 2 is 2.00 bits per heavy atom. The van der Waals surface area contributed by atoms with Crippen LogP contribution in [0.15, 0.2) is 6.07 Å². The van der Waals surface area contributed by atoms with E-state index in [1.807, 2.05) is 29.5 Å². The van der Waals surface area contributed by atoms with Gasteiger partial charge in [0.25, 0.3) is 0 Å². The van der Waals surface area contributed by atoms with Crippen LogP contribution in [0.25, 0.3) is 0 Å². The minimum Gasteiger partial charge on any atom is -0.343 e. The van der Waals surface area contributed by atoms with Crippen molar-refractivity contribution in [2.24, 2.45) is 0 Å². The van der Waals surface area contributed by atoms with Crippen molar-refractivity contribution in [3.05, 3.63) is 17.5 Å². The molecule has 4 heteroatoms. The Balaban J connectivity index is 1.85. The lowest BCUT2D eigenvalue weighted by Crippen LogP contribution is -2.36. The molecular formula is C13H21N3O. The first kappa shape index (κ1) is 12.1. The second-order valence-corrected chi connectivity index (χ2v) is 4.84. The lowest BCUT2D eigenvalue weighted by Gasteiger charge is -2.26. The number of carbonyl (C=O) groups excluding carboxylic acids is 1. The minimum absolute atomic E-state index is 0.275. The SMILES string of the molecule is Cc1cc(C)n(CCC(=O)N2CCCCC2)n1. The average molecular weight is 235 g/mol. The summed E-state index contributed by atoms with van der Waals surface area (Å²) in [5.74, 6) is 0.275. The maximum absolute atomic E-state index is 12.0. The van der Waals surface area contributed by atoms with E-state index >= 15 is 0 Å². The Kier molecular flexibility index (Phi) is 3.82. The average Bonchev–Trinajstić information content (AvgIpc) is 2.66. The largest absolute Gasteiger partial charge is 0.343 e. The van der Waals surface area contributed by atoms with Crippen LogP contribution < -0.4 is 0 Å². The zero-order valence-electron chi connectivity index (χ0n) is 10.8. The first-order valence-electron chi connectivity index (χ1n) is 6.45. The Bertz CT molecular complexity index is 391. The summed E-state index contributed by atoms with van der Waals surface area (Å²) in [4.78, 5) is 14.0. The van der Waals surface area contributed by atoms with Crippen molar-refractivity contribution in [1.29, 1.82) is 0 Å². The molecule has 0 unspecified atom stereocenters. The van der Waals surface area contributed by atoms with Crippen LogP contribution in [0.2, 0.25) is 0 Å². The highest BCUT2D eigenvalue weighted by Crippen LogP contribution is 2.11. The smallest absolute Gasteiger partial charge is 0.224 e. The third-order valence-electron chi connectivity index (χ3n) is 3.35. The monoisotopic (exact) mass is 235 g/mol. The van der Waals surface area contributed by atoms with Crippen molar-refractivity contribution in [2.45, 2.75) is 46.1 Å². The zero-order valence-corrected chi connectivity index (χ0v) is 10.8. The molecule has 2 heterocycles. The molecule has 1 saturated heterocycles. The van der Waals surface area contributed by atoms with Gasteiger partial charge >= 0.3 is 0 Å². The quantitative estimate of drug-likeness (QED) is 0.802. The van der Waals surface area contributed by atoms with Crippen LogP contribution in [0.1, 0.15) is 37.1 Å². The second-order valence-electron chi connectivity index (χ2n) is 4.84. The number of carbonyl (C=O) groups is 1. The minimum atomic E-state index is 0.275. The fourth-order valence-corrected chi connectivity index (χ4v) is 2.40. The molecule has 1 aromatic rings. The van der Waals surface area contributed by atoms with Gasteiger partial charge in [0.15, 0.2) is 0 Å². The summed E-state index contributed by atoms with van der Waals surface area (Å²) in [6, 6.07) is 2.05. The second kappa shape index (κ2) is 5.34. The lowest BCUT2D eigenvalue weighted by molar-refractivity contribution is -0.132. The topological polar surface area (TPSA) is 38.1 Å². The molecule has 1 aliphatic heterocycles. The Labute approximate surface area is 103 Å². The third kappa shape index (κ3) is 3.08. The van der Waals surface area contributed by atoms with Gasteiger partial charge in [-0.05, 0) is 39.2 Å². The van der Waals surface area contributed by atoms with E-state index in [1.54, 1.807) is 0 Å². The molecule has 1 aliphatic rings. The molecule has 2 rings (SSSR count). The summed E-state index contributed by atoms with van der Waals surface area (Å²) >= 11 is 0. The standard InChI is InChI=1S/C13H21N3O/c1-11-10-12(2)16(14-11)9-6-13(17)15-7-4-3-5-8-15/h10H,3-9H2,1-2H3. The molecule has 0 radical (unpaired) electrons. The van der Waals surface area contributed by atoms with Gasteiger partial charge < -0.3 is 4.90 Å². The van der Waals surface area contributed by atoms with Gasteiger partial charge in [0.05, 0.1) is 5.69 Å². The molecule has 1 amide bonds. The summed E-state index contributed by atoms with van der Waals surface area (Å²) in [6.07, 6.45) is 4.15. The van der Waals surface area contributed by atoms with Crippen LogP contribution in [-0.4, -0.2) is 33.7 Å². The van der Waals surface area contributed by atoms with Crippen LogP contribution in [0.4, 0.5) is 0 Å². The highest BCUT2D eigenvalue weighted by molar-refractivity contribution is 5.76. The number of rotatable bonds is 3. The number of aryl methyl sites for hydroxylation is 3. The summed E-state index contributed by atoms with van der Waals surface area (Å²) in [5, 5.41) is 4.37. The highest BCUT2D eigenvalue weighted by atomic mass is 16.2. The maximum atomic E-state index is 12.0. The molecule has 94 valence electrons. The molecule has 0 aromatic carbocycles. The van der Waals surface area contributed by atoms with Gasteiger partial charge in [-0.1, -0.05) is 0 Å². The number of piperidine rings is 1. The third-order valence-corrected chi connectivity index (χ3v) is 3.35. The molecule has 0 bridgehead atoms. The summed E-state index contributed by atoms with van der Waals surface area (Å²) in [5.41, 5.74) is 2.15. The summed E-state index contributed by atoms with van der Waals surface area (Å²) in [6.45, 7) is 6.60. The van der Waals surface area contributed by atoms with E-state index in [0.29, 0.717) is 13.0 Å². The number of hydrogen-bond acceptors (Lipinski definition) is 2. The Morgan fingerprint density at radius 1 is 1.29 bits per heavy atom. The van der Waals surface area contributed by atoms with E-state index in [-0.39, 0.29) is 5.91 Å². The van der Waals surface area contributed by atoms with Crippen molar-refractivity contribution in [2.75, 3.05) is 13.1 Å². The lowest BCUT2D eigenvalue weighted by atomic mass is 10.1. The molecule has 0 aliphatic carbocycles. The summed E-state index contributed by atoms with van der Waals surface area (Å²) in [7, 11) is 0. The number of aromatic nitrogens is 2. The molecule has 0 N–H and O–H groups in total. The van der Waals surface area contributed by atoms with Crippen molar-refractivity contribution in [1.82, 2.24) is 14.7 Å².